The monoisotopic (exact) mass is 385 g/mol. The van der Waals surface area contributed by atoms with Crippen LogP contribution in [0.3, 0.4) is 0 Å². The Morgan fingerprint density at radius 3 is 2.89 bits per heavy atom. The van der Waals surface area contributed by atoms with Crippen molar-refractivity contribution in [2.75, 3.05) is 26.4 Å². The largest absolute Gasteiger partial charge is 0.454 e. The van der Waals surface area contributed by atoms with E-state index in [9.17, 15) is 4.79 Å². The summed E-state index contributed by atoms with van der Waals surface area (Å²) in [6.07, 6.45) is 1.57. The van der Waals surface area contributed by atoms with E-state index in [2.05, 4.69) is 37.1 Å². The van der Waals surface area contributed by atoms with E-state index in [4.69, 9.17) is 9.47 Å². The van der Waals surface area contributed by atoms with Gasteiger partial charge in [0.2, 0.25) is 12.7 Å². The van der Waals surface area contributed by atoms with Crippen LogP contribution in [0.4, 0.5) is 0 Å². The molecule has 4 rings (SSSR count). The predicted octanol–water partition coefficient (Wildman–Crippen LogP) is 1.38. The molecule has 8 nitrogen and oxygen atoms in total. The second-order valence-corrected chi connectivity index (χ2v) is 7.59. The molecule has 1 amide bonds. The lowest BCUT2D eigenvalue weighted by molar-refractivity contribution is -0.123. The lowest BCUT2D eigenvalue weighted by Gasteiger charge is -2.19. The molecule has 0 spiro atoms. The van der Waals surface area contributed by atoms with Crippen molar-refractivity contribution in [1.82, 2.24) is 25.0 Å². The fourth-order valence-corrected chi connectivity index (χ4v) is 3.57. The third-order valence-corrected chi connectivity index (χ3v) is 5.21. The second-order valence-electron chi connectivity index (χ2n) is 7.59. The SMILES string of the molecule is CC(C)C(=O)NCCc1nnc2n1CCN(Cc1ccc3c(c1)OCO3)CC2. The highest BCUT2D eigenvalue weighted by atomic mass is 16.7. The van der Waals surface area contributed by atoms with Crippen LogP contribution in [0.5, 0.6) is 11.5 Å². The van der Waals surface area contributed by atoms with E-state index in [0.29, 0.717) is 19.8 Å². The molecule has 0 aliphatic carbocycles. The number of hydrogen-bond donors (Lipinski definition) is 1. The summed E-state index contributed by atoms with van der Waals surface area (Å²) in [7, 11) is 0. The first-order chi connectivity index (χ1) is 13.6. The van der Waals surface area contributed by atoms with E-state index in [1.54, 1.807) is 0 Å². The molecule has 0 bridgehead atoms. The first kappa shape index (κ1) is 18.7. The molecular weight excluding hydrogens is 358 g/mol. The topological polar surface area (TPSA) is 81.5 Å². The van der Waals surface area contributed by atoms with Crippen LogP contribution >= 0.6 is 0 Å². The average Bonchev–Trinajstić information content (AvgIpc) is 3.25. The molecule has 2 aromatic rings. The summed E-state index contributed by atoms with van der Waals surface area (Å²) < 4.78 is 13.1. The highest BCUT2D eigenvalue weighted by molar-refractivity contribution is 5.77. The fourth-order valence-electron chi connectivity index (χ4n) is 3.57. The molecule has 0 unspecified atom stereocenters. The lowest BCUT2D eigenvalue weighted by atomic mass is 10.2. The van der Waals surface area contributed by atoms with E-state index in [0.717, 1.165) is 55.7 Å². The van der Waals surface area contributed by atoms with Gasteiger partial charge in [-0.3, -0.25) is 9.69 Å². The normalized spacial score (nSPS) is 16.1. The van der Waals surface area contributed by atoms with E-state index in [1.165, 1.54) is 5.56 Å². The number of benzene rings is 1. The smallest absolute Gasteiger partial charge is 0.231 e. The molecule has 0 saturated heterocycles. The molecule has 8 heteroatoms. The van der Waals surface area contributed by atoms with Gasteiger partial charge in [0.05, 0.1) is 0 Å². The summed E-state index contributed by atoms with van der Waals surface area (Å²) in [5.41, 5.74) is 1.22. The Labute approximate surface area is 164 Å². The van der Waals surface area contributed by atoms with Crippen molar-refractivity contribution in [3.05, 3.63) is 35.4 Å². The van der Waals surface area contributed by atoms with Crippen LogP contribution in [0, 0.1) is 5.92 Å². The maximum atomic E-state index is 11.7. The van der Waals surface area contributed by atoms with Crippen LogP contribution in [-0.2, 0) is 30.7 Å². The Morgan fingerprint density at radius 2 is 2.04 bits per heavy atom. The molecule has 0 saturated carbocycles. The van der Waals surface area contributed by atoms with Gasteiger partial charge in [0.25, 0.3) is 0 Å². The number of nitrogens with one attached hydrogen (secondary N) is 1. The summed E-state index contributed by atoms with van der Waals surface area (Å²) in [6.45, 7) is 8.30. The Bertz CT molecular complexity index is 848. The number of carbonyl (C=O) groups is 1. The van der Waals surface area contributed by atoms with Crippen LogP contribution in [0.1, 0.15) is 31.1 Å². The number of hydrogen-bond acceptors (Lipinski definition) is 6. The Balaban J connectivity index is 1.34. The first-order valence-electron chi connectivity index (χ1n) is 9.89. The molecule has 3 heterocycles. The average molecular weight is 385 g/mol. The highest BCUT2D eigenvalue weighted by Crippen LogP contribution is 2.32. The van der Waals surface area contributed by atoms with Gasteiger partial charge >= 0.3 is 0 Å². The summed E-state index contributed by atoms with van der Waals surface area (Å²) >= 11 is 0. The second kappa shape index (κ2) is 8.18. The van der Waals surface area contributed by atoms with Crippen molar-refractivity contribution in [1.29, 1.82) is 0 Å². The van der Waals surface area contributed by atoms with Gasteiger partial charge in [0.15, 0.2) is 11.5 Å². The van der Waals surface area contributed by atoms with Crippen LogP contribution in [0.15, 0.2) is 18.2 Å². The number of rotatable bonds is 6. The van der Waals surface area contributed by atoms with Gasteiger partial charge in [-0.25, -0.2) is 0 Å². The third kappa shape index (κ3) is 4.11. The zero-order valence-electron chi connectivity index (χ0n) is 16.5. The van der Waals surface area contributed by atoms with E-state index in [1.807, 2.05) is 19.9 Å². The minimum absolute atomic E-state index is 0.000234. The van der Waals surface area contributed by atoms with Gasteiger partial charge in [0.1, 0.15) is 11.6 Å². The Hall–Kier alpha value is -2.61. The zero-order valence-corrected chi connectivity index (χ0v) is 16.5. The zero-order chi connectivity index (χ0) is 19.5. The summed E-state index contributed by atoms with van der Waals surface area (Å²) in [6, 6.07) is 6.14. The highest BCUT2D eigenvalue weighted by Gasteiger charge is 2.20. The number of carbonyl (C=O) groups excluding carboxylic acids is 1. The lowest BCUT2D eigenvalue weighted by Crippen LogP contribution is -2.30. The number of ether oxygens (including phenoxy) is 2. The van der Waals surface area contributed by atoms with Gasteiger partial charge < -0.3 is 19.4 Å². The Morgan fingerprint density at radius 1 is 1.18 bits per heavy atom. The van der Waals surface area contributed by atoms with Crippen molar-refractivity contribution >= 4 is 5.91 Å². The summed E-state index contributed by atoms with van der Waals surface area (Å²) in [5, 5.41) is 11.7. The number of fused-ring (bicyclic) bond motifs is 2. The van der Waals surface area contributed by atoms with Crippen molar-refractivity contribution < 1.29 is 14.3 Å². The van der Waals surface area contributed by atoms with E-state index >= 15 is 0 Å². The molecule has 1 N–H and O–H groups in total. The minimum atomic E-state index is 0.000234. The molecule has 0 atom stereocenters. The van der Waals surface area contributed by atoms with Crippen molar-refractivity contribution in [2.24, 2.45) is 5.92 Å². The molecule has 28 heavy (non-hydrogen) atoms. The maximum absolute atomic E-state index is 11.7. The van der Waals surface area contributed by atoms with Crippen LogP contribution < -0.4 is 14.8 Å². The van der Waals surface area contributed by atoms with Crippen molar-refractivity contribution in [3.63, 3.8) is 0 Å². The van der Waals surface area contributed by atoms with Crippen LogP contribution in [-0.4, -0.2) is 52.0 Å². The summed E-state index contributed by atoms with van der Waals surface area (Å²) in [5.74, 6) is 3.70. The molecule has 0 fully saturated rings. The molecule has 2 aliphatic heterocycles. The van der Waals surface area contributed by atoms with E-state index in [-0.39, 0.29) is 11.8 Å². The summed E-state index contributed by atoms with van der Waals surface area (Å²) in [4.78, 5) is 14.2. The number of nitrogens with zero attached hydrogens (tertiary/aromatic N) is 4. The van der Waals surface area contributed by atoms with Crippen molar-refractivity contribution in [2.45, 2.75) is 39.8 Å². The molecule has 0 radical (unpaired) electrons. The molecular formula is C20H27N5O3. The van der Waals surface area contributed by atoms with Crippen LogP contribution in [0.25, 0.3) is 0 Å². The van der Waals surface area contributed by atoms with E-state index < -0.39 is 0 Å². The van der Waals surface area contributed by atoms with Gasteiger partial charge in [0, 0.05) is 51.5 Å². The molecule has 150 valence electrons. The maximum Gasteiger partial charge on any atom is 0.231 e. The van der Waals surface area contributed by atoms with Gasteiger partial charge in [-0.2, -0.15) is 0 Å². The first-order valence-corrected chi connectivity index (χ1v) is 9.89. The minimum Gasteiger partial charge on any atom is -0.454 e. The third-order valence-electron chi connectivity index (χ3n) is 5.21. The predicted molar refractivity (Wildman–Crippen MR) is 103 cm³/mol. The molecule has 1 aromatic carbocycles. The van der Waals surface area contributed by atoms with Crippen LogP contribution in [0.2, 0.25) is 0 Å². The Kier molecular flexibility index (Phi) is 5.47. The van der Waals surface area contributed by atoms with Gasteiger partial charge in [-0.05, 0) is 17.7 Å². The standard InChI is InChI=1S/C20H27N5O3/c1-14(2)20(26)21-7-5-18-22-23-19-6-8-24(9-10-25(18)19)12-15-3-4-16-17(11-15)28-13-27-16/h3-4,11,14H,5-10,12-13H2,1-2H3,(H,21,26). The van der Waals surface area contributed by atoms with Crippen molar-refractivity contribution in [3.8, 4) is 11.5 Å². The quantitative estimate of drug-likeness (QED) is 0.809. The van der Waals surface area contributed by atoms with Gasteiger partial charge in [-0.15, -0.1) is 10.2 Å². The fraction of sp³-hybridized carbons (Fsp3) is 0.550. The van der Waals surface area contributed by atoms with Gasteiger partial charge in [-0.1, -0.05) is 19.9 Å². The molecule has 2 aliphatic rings. The number of amides is 1. The molecule has 1 aromatic heterocycles. The number of aromatic nitrogens is 3.